The molecule has 5 rings (SSSR count). The van der Waals surface area contributed by atoms with Crippen molar-refractivity contribution in [3.8, 4) is 22.9 Å². The molecule has 0 atom stereocenters. The van der Waals surface area contributed by atoms with Crippen LogP contribution in [0.3, 0.4) is 0 Å². The summed E-state index contributed by atoms with van der Waals surface area (Å²) in [5.41, 5.74) is 5.02. The number of carbonyl (C=O) groups is 1. The highest BCUT2D eigenvalue weighted by Gasteiger charge is 2.19. The predicted molar refractivity (Wildman–Crippen MR) is 128 cm³/mol. The average molecular weight is 458 g/mol. The van der Waals surface area contributed by atoms with Gasteiger partial charge in [0.15, 0.2) is 28.3 Å². The maximum absolute atomic E-state index is 12.8. The van der Waals surface area contributed by atoms with Crippen molar-refractivity contribution in [2.45, 2.75) is 25.5 Å². The van der Waals surface area contributed by atoms with Crippen LogP contribution < -0.4 is 9.47 Å². The van der Waals surface area contributed by atoms with Crippen LogP contribution in [0.25, 0.3) is 11.4 Å². The Morgan fingerprint density at radius 1 is 0.939 bits per heavy atom. The number of nitrogens with zero attached hydrogens (tertiary/aromatic N) is 3. The lowest BCUT2D eigenvalue weighted by Crippen LogP contribution is -2.07. The van der Waals surface area contributed by atoms with Gasteiger partial charge in [-0.25, -0.2) is 0 Å². The van der Waals surface area contributed by atoms with Crippen molar-refractivity contribution < 1.29 is 14.3 Å². The molecular weight excluding hydrogens is 434 g/mol. The maximum atomic E-state index is 12.8. The molecule has 1 aromatic heterocycles. The van der Waals surface area contributed by atoms with Crippen LogP contribution in [0.4, 0.5) is 0 Å². The minimum atomic E-state index is 0.0713. The number of hydrogen-bond donors (Lipinski definition) is 0. The fourth-order valence-electron chi connectivity index (χ4n) is 3.69. The number of rotatable bonds is 7. The number of hydrogen-bond acceptors (Lipinski definition) is 6. The third-order valence-corrected chi connectivity index (χ3v) is 6.65. The van der Waals surface area contributed by atoms with Crippen molar-refractivity contribution >= 4 is 17.5 Å². The van der Waals surface area contributed by atoms with Gasteiger partial charge in [-0.2, -0.15) is 0 Å². The first-order valence-electron chi connectivity index (χ1n) is 10.7. The molecule has 2 heterocycles. The van der Waals surface area contributed by atoms with E-state index in [1.165, 1.54) is 17.3 Å². The van der Waals surface area contributed by atoms with Crippen molar-refractivity contribution in [3.63, 3.8) is 0 Å². The van der Waals surface area contributed by atoms with Crippen LogP contribution in [0.15, 0.2) is 71.9 Å². The molecule has 0 N–H and O–H groups in total. The van der Waals surface area contributed by atoms with E-state index in [1.54, 1.807) is 0 Å². The van der Waals surface area contributed by atoms with E-state index in [0.717, 1.165) is 39.6 Å². The minimum Gasteiger partial charge on any atom is -0.454 e. The topological polar surface area (TPSA) is 66.2 Å². The third kappa shape index (κ3) is 4.50. The van der Waals surface area contributed by atoms with E-state index in [9.17, 15) is 4.79 Å². The zero-order valence-electron chi connectivity index (χ0n) is 18.4. The van der Waals surface area contributed by atoms with Crippen molar-refractivity contribution in [1.29, 1.82) is 0 Å². The standard InChI is InChI=1S/C26H23N3O3S/c1-17-8-10-21(12-18(17)2)22(30)15-33-26-28-27-25(20-6-4-3-5-7-20)29(26)14-19-9-11-23-24(13-19)32-16-31-23/h3-13H,14-16H2,1-2H3. The molecule has 33 heavy (non-hydrogen) atoms. The number of ketones is 1. The Balaban J connectivity index is 1.42. The molecule has 0 saturated heterocycles. The van der Waals surface area contributed by atoms with E-state index >= 15 is 0 Å². The van der Waals surface area contributed by atoms with Crippen molar-refractivity contribution in [2.75, 3.05) is 12.5 Å². The molecule has 7 heteroatoms. The summed E-state index contributed by atoms with van der Waals surface area (Å²) in [5.74, 6) is 2.60. The molecule has 0 unspecified atom stereocenters. The fraction of sp³-hybridized carbons (Fsp3) is 0.192. The number of carbonyl (C=O) groups excluding carboxylic acids is 1. The Kier molecular flexibility index (Phi) is 5.88. The number of fused-ring (bicyclic) bond motifs is 1. The van der Waals surface area contributed by atoms with Gasteiger partial charge >= 0.3 is 0 Å². The Morgan fingerprint density at radius 3 is 2.58 bits per heavy atom. The van der Waals surface area contributed by atoms with Crippen LogP contribution in [0.1, 0.15) is 27.0 Å². The molecule has 166 valence electrons. The summed E-state index contributed by atoms with van der Waals surface area (Å²) in [4.78, 5) is 12.8. The molecule has 0 aliphatic carbocycles. The predicted octanol–water partition coefficient (Wildman–Crippen LogP) is 5.31. The van der Waals surface area contributed by atoms with E-state index < -0.39 is 0 Å². The minimum absolute atomic E-state index is 0.0713. The van der Waals surface area contributed by atoms with E-state index in [2.05, 4.69) is 10.2 Å². The van der Waals surface area contributed by atoms with Crippen LogP contribution in [0.5, 0.6) is 11.5 Å². The first kappa shape index (κ1) is 21.3. The molecule has 0 bridgehead atoms. The number of Topliss-reactive ketones (excluding diaryl/α,β-unsaturated/α-hetero) is 1. The molecule has 1 aliphatic rings. The molecule has 4 aromatic rings. The number of aromatic nitrogens is 3. The van der Waals surface area contributed by atoms with Crippen LogP contribution in [0.2, 0.25) is 0 Å². The number of ether oxygens (including phenoxy) is 2. The van der Waals surface area contributed by atoms with Gasteiger partial charge in [-0.05, 0) is 48.7 Å². The molecule has 0 saturated carbocycles. The summed E-state index contributed by atoms with van der Waals surface area (Å²) in [6.07, 6.45) is 0. The maximum Gasteiger partial charge on any atom is 0.231 e. The molecule has 0 fully saturated rings. The number of thioether (sulfide) groups is 1. The summed E-state index contributed by atoms with van der Waals surface area (Å²) in [6.45, 7) is 4.85. The molecule has 6 nitrogen and oxygen atoms in total. The summed E-state index contributed by atoms with van der Waals surface area (Å²) in [5, 5.41) is 9.58. The number of aryl methyl sites for hydroxylation is 2. The quantitative estimate of drug-likeness (QED) is 0.277. The summed E-state index contributed by atoms with van der Waals surface area (Å²) in [6, 6.07) is 21.7. The smallest absolute Gasteiger partial charge is 0.231 e. The van der Waals surface area contributed by atoms with E-state index in [0.29, 0.717) is 11.7 Å². The van der Waals surface area contributed by atoms with Gasteiger partial charge in [-0.3, -0.25) is 9.36 Å². The number of benzene rings is 3. The zero-order valence-corrected chi connectivity index (χ0v) is 19.3. The van der Waals surface area contributed by atoms with Crippen LogP contribution in [-0.4, -0.2) is 33.1 Å². The summed E-state index contributed by atoms with van der Waals surface area (Å²) >= 11 is 1.40. The van der Waals surface area contributed by atoms with Crippen LogP contribution >= 0.6 is 11.8 Å². The Morgan fingerprint density at radius 2 is 1.76 bits per heavy atom. The first-order valence-corrected chi connectivity index (χ1v) is 11.7. The third-order valence-electron chi connectivity index (χ3n) is 5.69. The van der Waals surface area contributed by atoms with Gasteiger partial charge in [0.1, 0.15) is 0 Å². The lowest BCUT2D eigenvalue weighted by molar-refractivity contribution is 0.102. The molecule has 0 amide bonds. The highest BCUT2D eigenvalue weighted by molar-refractivity contribution is 7.99. The Bertz CT molecular complexity index is 1320. The molecule has 0 spiro atoms. The second kappa shape index (κ2) is 9.11. The second-order valence-electron chi connectivity index (χ2n) is 7.96. The largest absolute Gasteiger partial charge is 0.454 e. The van der Waals surface area contributed by atoms with Crippen LogP contribution in [-0.2, 0) is 6.54 Å². The average Bonchev–Trinajstić information content (AvgIpc) is 3.46. The Labute approximate surface area is 196 Å². The van der Waals surface area contributed by atoms with Crippen LogP contribution in [0, 0.1) is 13.8 Å². The first-order chi connectivity index (χ1) is 16.1. The molecule has 1 aliphatic heterocycles. The second-order valence-corrected chi connectivity index (χ2v) is 8.90. The highest BCUT2D eigenvalue weighted by Crippen LogP contribution is 2.34. The lowest BCUT2D eigenvalue weighted by Gasteiger charge is -2.11. The van der Waals surface area contributed by atoms with Gasteiger partial charge in [0.2, 0.25) is 6.79 Å². The SMILES string of the molecule is Cc1ccc(C(=O)CSc2nnc(-c3ccccc3)n2Cc2ccc3c(c2)OCO3)cc1C. The van der Waals surface area contributed by atoms with Gasteiger partial charge < -0.3 is 9.47 Å². The van der Waals surface area contributed by atoms with Gasteiger partial charge in [0, 0.05) is 11.1 Å². The normalized spacial score (nSPS) is 12.2. The van der Waals surface area contributed by atoms with Gasteiger partial charge in [-0.1, -0.05) is 60.3 Å². The highest BCUT2D eigenvalue weighted by atomic mass is 32.2. The van der Waals surface area contributed by atoms with Crippen molar-refractivity contribution in [1.82, 2.24) is 14.8 Å². The van der Waals surface area contributed by atoms with E-state index in [4.69, 9.17) is 9.47 Å². The lowest BCUT2D eigenvalue weighted by atomic mass is 10.0. The Hall–Kier alpha value is -3.58. The fourth-order valence-corrected chi connectivity index (χ4v) is 4.52. The monoisotopic (exact) mass is 457 g/mol. The van der Waals surface area contributed by atoms with E-state index in [-0.39, 0.29) is 18.3 Å². The van der Waals surface area contributed by atoms with Gasteiger partial charge in [0.25, 0.3) is 0 Å². The molecule has 3 aromatic carbocycles. The van der Waals surface area contributed by atoms with E-state index in [1.807, 2.05) is 85.1 Å². The van der Waals surface area contributed by atoms with Crippen molar-refractivity contribution in [2.24, 2.45) is 0 Å². The van der Waals surface area contributed by atoms with Gasteiger partial charge in [0.05, 0.1) is 12.3 Å². The summed E-state index contributed by atoms with van der Waals surface area (Å²) < 4.78 is 13.0. The zero-order chi connectivity index (χ0) is 22.8. The molecular formula is C26H23N3O3S. The molecule has 0 radical (unpaired) electrons. The summed E-state index contributed by atoms with van der Waals surface area (Å²) in [7, 11) is 0. The van der Waals surface area contributed by atoms with Gasteiger partial charge in [-0.15, -0.1) is 10.2 Å². The van der Waals surface area contributed by atoms with Crippen molar-refractivity contribution in [3.05, 3.63) is 89.0 Å².